The van der Waals surface area contributed by atoms with Gasteiger partial charge in [0.1, 0.15) is 11.6 Å². The number of aromatic nitrogens is 1. The quantitative estimate of drug-likeness (QED) is 0.788. The second-order valence-electron chi connectivity index (χ2n) is 2.45. The summed E-state index contributed by atoms with van der Waals surface area (Å²) >= 11 is 3.01. The molecule has 78 valence electrons. The van der Waals surface area contributed by atoms with Crippen LogP contribution in [0.1, 0.15) is 5.69 Å². The van der Waals surface area contributed by atoms with Gasteiger partial charge in [-0.15, -0.1) is 0 Å². The molecular weight excluding hydrogens is 277 g/mol. The maximum Gasteiger partial charge on any atom is 0.272 e. The molecule has 0 radical (unpaired) electrons. The molecule has 0 aromatic carbocycles. The van der Waals surface area contributed by atoms with Gasteiger partial charge in [-0.25, -0.2) is 4.39 Å². The van der Waals surface area contributed by atoms with E-state index in [1.165, 1.54) is 0 Å². The SMILES string of the molecule is COS(=O)(=O)Cc1ncc(F)cc1Br. The summed E-state index contributed by atoms with van der Waals surface area (Å²) in [6, 6.07) is 1.15. The maximum absolute atomic E-state index is 12.6. The molecule has 14 heavy (non-hydrogen) atoms. The number of pyridine rings is 1. The van der Waals surface area contributed by atoms with Crippen LogP contribution in [0.25, 0.3) is 0 Å². The molecule has 0 aliphatic carbocycles. The number of nitrogens with zero attached hydrogens (tertiary/aromatic N) is 1. The molecular formula is C7H7BrFNO3S. The van der Waals surface area contributed by atoms with E-state index in [4.69, 9.17) is 0 Å². The van der Waals surface area contributed by atoms with Gasteiger partial charge in [-0.05, 0) is 22.0 Å². The van der Waals surface area contributed by atoms with Crippen LogP contribution in [0.2, 0.25) is 0 Å². The van der Waals surface area contributed by atoms with E-state index in [1.807, 2.05) is 0 Å². The number of halogens is 2. The Labute approximate surface area is 89.4 Å². The minimum absolute atomic E-state index is 0.216. The molecule has 0 fully saturated rings. The standard InChI is InChI=1S/C7H7BrFNO3S/c1-13-14(11,12)4-7-6(8)2-5(9)3-10-7/h2-3H,4H2,1H3. The lowest BCUT2D eigenvalue weighted by atomic mass is 10.4. The molecule has 0 saturated carbocycles. The van der Waals surface area contributed by atoms with E-state index < -0.39 is 15.9 Å². The van der Waals surface area contributed by atoms with Gasteiger partial charge in [-0.1, -0.05) is 0 Å². The first-order chi connectivity index (χ1) is 6.44. The van der Waals surface area contributed by atoms with Gasteiger partial charge in [0.2, 0.25) is 0 Å². The lowest BCUT2D eigenvalue weighted by Gasteiger charge is -2.02. The molecule has 1 aromatic heterocycles. The summed E-state index contributed by atoms with van der Waals surface area (Å²) in [5.74, 6) is -0.917. The first kappa shape index (κ1) is 11.5. The first-order valence-electron chi connectivity index (χ1n) is 3.53. The van der Waals surface area contributed by atoms with Crippen LogP contribution in [0.15, 0.2) is 16.7 Å². The fourth-order valence-corrected chi connectivity index (χ4v) is 2.11. The second kappa shape index (κ2) is 4.33. The van der Waals surface area contributed by atoms with Gasteiger partial charge in [0.05, 0.1) is 19.0 Å². The Morgan fingerprint density at radius 2 is 2.29 bits per heavy atom. The predicted octanol–water partition coefficient (Wildman–Crippen LogP) is 1.46. The highest BCUT2D eigenvalue weighted by Crippen LogP contribution is 2.17. The summed E-state index contributed by atoms with van der Waals surface area (Å²) in [4.78, 5) is 3.63. The van der Waals surface area contributed by atoms with Crippen LogP contribution < -0.4 is 0 Å². The van der Waals surface area contributed by atoms with Crippen molar-refractivity contribution in [3.8, 4) is 0 Å². The maximum atomic E-state index is 12.6. The minimum Gasteiger partial charge on any atom is -0.273 e. The predicted molar refractivity (Wildman–Crippen MR) is 51.5 cm³/mol. The van der Waals surface area contributed by atoms with Crippen LogP contribution in [-0.4, -0.2) is 20.5 Å². The Hall–Kier alpha value is -0.530. The number of rotatable bonds is 3. The normalized spacial score (nSPS) is 11.6. The molecule has 0 amide bonds. The summed E-state index contributed by atoms with van der Waals surface area (Å²) in [5.41, 5.74) is 0.216. The van der Waals surface area contributed by atoms with Gasteiger partial charge >= 0.3 is 0 Å². The molecule has 1 heterocycles. The van der Waals surface area contributed by atoms with Crippen molar-refractivity contribution >= 4 is 26.0 Å². The Morgan fingerprint density at radius 1 is 1.64 bits per heavy atom. The van der Waals surface area contributed by atoms with Crippen molar-refractivity contribution in [3.63, 3.8) is 0 Å². The van der Waals surface area contributed by atoms with Gasteiger partial charge < -0.3 is 0 Å². The fraction of sp³-hybridized carbons (Fsp3) is 0.286. The summed E-state index contributed by atoms with van der Waals surface area (Å²) in [6.45, 7) is 0. The van der Waals surface area contributed by atoms with Crippen molar-refractivity contribution in [2.24, 2.45) is 0 Å². The molecule has 1 aromatic rings. The zero-order valence-electron chi connectivity index (χ0n) is 7.20. The average molecular weight is 284 g/mol. The van der Waals surface area contributed by atoms with E-state index in [2.05, 4.69) is 25.1 Å². The first-order valence-corrected chi connectivity index (χ1v) is 5.90. The van der Waals surface area contributed by atoms with E-state index in [1.54, 1.807) is 0 Å². The van der Waals surface area contributed by atoms with Crippen LogP contribution in [-0.2, 0) is 20.1 Å². The Bertz CT molecular complexity index is 435. The van der Waals surface area contributed by atoms with E-state index >= 15 is 0 Å². The third kappa shape index (κ3) is 3.00. The van der Waals surface area contributed by atoms with Crippen molar-refractivity contribution in [1.82, 2.24) is 4.98 Å². The molecule has 0 unspecified atom stereocenters. The summed E-state index contributed by atoms with van der Waals surface area (Å²) in [6.07, 6.45) is 0.950. The van der Waals surface area contributed by atoms with E-state index in [0.29, 0.717) is 4.47 Å². The van der Waals surface area contributed by atoms with Gasteiger partial charge in [0.15, 0.2) is 0 Å². The monoisotopic (exact) mass is 283 g/mol. The molecule has 0 atom stereocenters. The summed E-state index contributed by atoms with van der Waals surface area (Å²) in [5, 5.41) is 0. The second-order valence-corrected chi connectivity index (χ2v) is 5.04. The van der Waals surface area contributed by atoms with E-state index in [-0.39, 0.29) is 11.4 Å². The Morgan fingerprint density at radius 3 is 2.79 bits per heavy atom. The highest BCUT2D eigenvalue weighted by Gasteiger charge is 2.14. The van der Waals surface area contributed by atoms with Crippen LogP contribution in [0.3, 0.4) is 0 Å². The highest BCUT2D eigenvalue weighted by atomic mass is 79.9. The molecule has 0 spiro atoms. The molecule has 0 aliphatic heterocycles. The Balaban J connectivity index is 2.99. The topological polar surface area (TPSA) is 56.3 Å². The fourth-order valence-electron chi connectivity index (χ4n) is 0.775. The third-order valence-corrected chi connectivity index (χ3v) is 3.27. The van der Waals surface area contributed by atoms with Crippen molar-refractivity contribution in [2.45, 2.75) is 5.75 Å². The van der Waals surface area contributed by atoms with Crippen molar-refractivity contribution in [2.75, 3.05) is 7.11 Å². The zero-order valence-corrected chi connectivity index (χ0v) is 9.60. The molecule has 0 bridgehead atoms. The van der Waals surface area contributed by atoms with Crippen LogP contribution in [0.5, 0.6) is 0 Å². The van der Waals surface area contributed by atoms with Crippen LogP contribution >= 0.6 is 15.9 Å². The van der Waals surface area contributed by atoms with Gasteiger partial charge in [0.25, 0.3) is 10.1 Å². The summed E-state index contributed by atoms with van der Waals surface area (Å²) in [7, 11) is -2.56. The largest absolute Gasteiger partial charge is 0.273 e. The number of hydrogen-bond acceptors (Lipinski definition) is 4. The minimum atomic E-state index is -3.62. The van der Waals surface area contributed by atoms with E-state index in [9.17, 15) is 12.8 Å². The zero-order chi connectivity index (χ0) is 10.8. The molecule has 0 saturated heterocycles. The highest BCUT2D eigenvalue weighted by molar-refractivity contribution is 9.10. The van der Waals surface area contributed by atoms with E-state index in [0.717, 1.165) is 19.4 Å². The molecule has 0 N–H and O–H groups in total. The molecule has 7 heteroatoms. The number of hydrogen-bond donors (Lipinski definition) is 0. The lowest BCUT2D eigenvalue weighted by molar-refractivity contribution is 0.396. The smallest absolute Gasteiger partial charge is 0.272 e. The molecule has 4 nitrogen and oxygen atoms in total. The van der Waals surface area contributed by atoms with Crippen molar-refractivity contribution in [1.29, 1.82) is 0 Å². The lowest BCUT2D eigenvalue weighted by Crippen LogP contribution is -2.07. The Kier molecular flexibility index (Phi) is 3.57. The van der Waals surface area contributed by atoms with Crippen LogP contribution in [0, 0.1) is 5.82 Å². The average Bonchev–Trinajstić information content (AvgIpc) is 2.10. The molecule has 0 aliphatic rings. The summed E-state index contributed by atoms with van der Waals surface area (Å²) < 4.78 is 39.2. The van der Waals surface area contributed by atoms with Crippen molar-refractivity contribution in [3.05, 3.63) is 28.2 Å². The van der Waals surface area contributed by atoms with Gasteiger partial charge in [0, 0.05) is 4.47 Å². The van der Waals surface area contributed by atoms with Gasteiger partial charge in [-0.3, -0.25) is 9.17 Å². The van der Waals surface area contributed by atoms with Crippen LogP contribution in [0.4, 0.5) is 4.39 Å². The van der Waals surface area contributed by atoms with Crippen molar-refractivity contribution < 1.29 is 17.0 Å². The molecule has 1 rings (SSSR count). The third-order valence-electron chi connectivity index (χ3n) is 1.45. The van der Waals surface area contributed by atoms with Gasteiger partial charge in [-0.2, -0.15) is 8.42 Å².